The number of ether oxygens (including phenoxy) is 13. The molecule has 0 spiro atoms. The molecule has 0 atom stereocenters. The fraction of sp³-hybridized carbons (Fsp3) is 0.976. The molecule has 0 amide bonds. The van der Waals surface area contributed by atoms with Crippen LogP contribution < -0.4 is 0 Å². The first kappa shape index (κ1) is 56.5. The third-order valence-corrected chi connectivity index (χ3v) is 8.61. The molecule has 15 heteroatoms. The SMILES string of the molecule is CCCCCCCCCCCCCCCC(=O)OCCOCCOCCOCCOCCOCCOCCOCCOCCOCCOCCOCCOCCBr. The van der Waals surface area contributed by atoms with Gasteiger partial charge in [0.1, 0.15) is 6.61 Å². The molecular formula is C42H83BrO14. The van der Waals surface area contributed by atoms with Crippen molar-refractivity contribution in [2.75, 3.05) is 171 Å². The Balaban J connectivity index is 3.12. The van der Waals surface area contributed by atoms with Gasteiger partial charge in [0, 0.05) is 11.8 Å². The molecule has 0 aliphatic carbocycles. The van der Waals surface area contributed by atoms with Gasteiger partial charge in [-0.1, -0.05) is 99.9 Å². The van der Waals surface area contributed by atoms with Gasteiger partial charge in [0.25, 0.3) is 0 Å². The fourth-order valence-electron chi connectivity index (χ4n) is 5.15. The first-order valence-corrected chi connectivity index (χ1v) is 23.1. The summed E-state index contributed by atoms with van der Waals surface area (Å²) in [6.45, 7) is 14.9. The van der Waals surface area contributed by atoms with Gasteiger partial charge in [0.15, 0.2) is 0 Å². The summed E-state index contributed by atoms with van der Waals surface area (Å²) in [5.41, 5.74) is 0. The lowest BCUT2D eigenvalue weighted by atomic mass is 10.0. The summed E-state index contributed by atoms with van der Waals surface area (Å²) in [6.07, 6.45) is 17.3. The number of carbonyl (C=O) groups is 1. The Morgan fingerprint density at radius 3 is 0.754 bits per heavy atom. The molecule has 0 heterocycles. The van der Waals surface area contributed by atoms with Crippen LogP contribution in [0, 0.1) is 0 Å². The minimum absolute atomic E-state index is 0.132. The maximum Gasteiger partial charge on any atom is 0.305 e. The standard InChI is InChI=1S/C42H83BrO14/c1-2-3-4-5-6-7-8-9-10-11-12-13-14-15-42(44)57-41-40-56-39-38-55-37-36-54-35-34-53-33-32-52-31-30-51-29-28-50-27-26-49-25-24-48-23-22-47-21-20-46-19-18-45-17-16-43/h2-41H2,1H3. The second kappa shape index (κ2) is 53.5. The number of alkyl halides is 1. The summed E-state index contributed by atoms with van der Waals surface area (Å²) in [5.74, 6) is -0.132. The number of halogens is 1. The van der Waals surface area contributed by atoms with Crippen LogP contribution in [0.1, 0.15) is 96.8 Å². The van der Waals surface area contributed by atoms with E-state index in [-0.39, 0.29) is 12.6 Å². The molecule has 0 aromatic carbocycles. The Kier molecular flexibility index (Phi) is 53.0. The van der Waals surface area contributed by atoms with E-state index in [1.807, 2.05) is 0 Å². The van der Waals surface area contributed by atoms with E-state index in [4.69, 9.17) is 61.6 Å². The molecule has 342 valence electrons. The number of hydrogen-bond acceptors (Lipinski definition) is 14. The number of hydrogen-bond donors (Lipinski definition) is 0. The van der Waals surface area contributed by atoms with E-state index in [2.05, 4.69) is 22.9 Å². The predicted molar refractivity (Wildman–Crippen MR) is 225 cm³/mol. The van der Waals surface area contributed by atoms with E-state index in [0.717, 1.165) is 18.2 Å². The van der Waals surface area contributed by atoms with E-state index in [9.17, 15) is 4.79 Å². The zero-order valence-corrected chi connectivity index (χ0v) is 37.5. The van der Waals surface area contributed by atoms with E-state index in [1.165, 1.54) is 70.6 Å². The lowest BCUT2D eigenvalue weighted by Crippen LogP contribution is -2.15. The van der Waals surface area contributed by atoms with Crippen LogP contribution in [0.3, 0.4) is 0 Å². The summed E-state index contributed by atoms with van der Waals surface area (Å²) in [4.78, 5) is 11.9. The Labute approximate surface area is 354 Å². The molecule has 14 nitrogen and oxygen atoms in total. The van der Waals surface area contributed by atoms with Gasteiger partial charge in [-0.05, 0) is 6.42 Å². The maximum absolute atomic E-state index is 11.9. The molecule has 0 unspecified atom stereocenters. The maximum atomic E-state index is 11.9. The van der Waals surface area contributed by atoms with Crippen LogP contribution in [0.4, 0.5) is 0 Å². The summed E-state index contributed by atoms with van der Waals surface area (Å²) in [5, 5.41) is 0.835. The average molecular weight is 892 g/mol. The summed E-state index contributed by atoms with van der Waals surface area (Å²) < 4.78 is 70.8. The van der Waals surface area contributed by atoms with Gasteiger partial charge < -0.3 is 61.6 Å². The molecule has 0 aliphatic rings. The molecule has 0 saturated carbocycles. The fourth-order valence-corrected chi connectivity index (χ4v) is 5.38. The van der Waals surface area contributed by atoms with Gasteiger partial charge in [-0.3, -0.25) is 4.79 Å². The second-order valence-electron chi connectivity index (χ2n) is 13.3. The van der Waals surface area contributed by atoms with E-state index >= 15 is 0 Å². The largest absolute Gasteiger partial charge is 0.463 e. The number of rotatable bonds is 52. The Morgan fingerprint density at radius 1 is 0.298 bits per heavy atom. The third-order valence-electron chi connectivity index (χ3n) is 8.29. The number of unbranched alkanes of at least 4 members (excludes halogenated alkanes) is 12. The highest BCUT2D eigenvalue weighted by Crippen LogP contribution is 2.13. The molecule has 0 N–H and O–H groups in total. The highest BCUT2D eigenvalue weighted by atomic mass is 79.9. The van der Waals surface area contributed by atoms with Crippen molar-refractivity contribution in [1.29, 1.82) is 0 Å². The lowest BCUT2D eigenvalue weighted by Gasteiger charge is -2.09. The second-order valence-corrected chi connectivity index (χ2v) is 14.0. The van der Waals surface area contributed by atoms with Crippen LogP contribution in [-0.2, 0) is 66.4 Å². The molecule has 0 bridgehead atoms. The first-order valence-electron chi connectivity index (χ1n) is 22.0. The van der Waals surface area contributed by atoms with E-state index in [0.29, 0.717) is 165 Å². The summed E-state index contributed by atoms with van der Waals surface area (Å²) in [7, 11) is 0. The van der Waals surface area contributed by atoms with Crippen molar-refractivity contribution in [1.82, 2.24) is 0 Å². The molecule has 0 aromatic heterocycles. The smallest absolute Gasteiger partial charge is 0.305 e. The van der Waals surface area contributed by atoms with Gasteiger partial charge in [0.2, 0.25) is 0 Å². The summed E-state index contributed by atoms with van der Waals surface area (Å²) in [6, 6.07) is 0. The van der Waals surface area contributed by atoms with Crippen LogP contribution in [-0.4, -0.2) is 176 Å². The molecule has 0 saturated heterocycles. The van der Waals surface area contributed by atoms with Crippen LogP contribution in [0.5, 0.6) is 0 Å². The number of carbonyl (C=O) groups excluding carboxylic acids is 1. The van der Waals surface area contributed by atoms with Crippen LogP contribution in [0.2, 0.25) is 0 Å². The van der Waals surface area contributed by atoms with Crippen molar-refractivity contribution in [2.45, 2.75) is 96.8 Å². The Bertz CT molecular complexity index is 743. The van der Waals surface area contributed by atoms with Crippen LogP contribution >= 0.6 is 15.9 Å². The monoisotopic (exact) mass is 890 g/mol. The Hall–Kier alpha value is -0.530. The van der Waals surface area contributed by atoms with E-state index in [1.54, 1.807) is 0 Å². The normalized spacial score (nSPS) is 11.5. The molecule has 0 aromatic rings. The topological polar surface area (TPSA) is 137 Å². The molecule has 0 aliphatic heterocycles. The Morgan fingerprint density at radius 2 is 0.509 bits per heavy atom. The highest BCUT2D eigenvalue weighted by molar-refractivity contribution is 9.09. The predicted octanol–water partition coefficient (Wildman–Crippen LogP) is 6.61. The average Bonchev–Trinajstić information content (AvgIpc) is 3.22. The number of esters is 1. The zero-order chi connectivity index (χ0) is 41.1. The van der Waals surface area contributed by atoms with Crippen LogP contribution in [0.25, 0.3) is 0 Å². The minimum atomic E-state index is -0.132. The molecule has 0 fully saturated rings. The van der Waals surface area contributed by atoms with Crippen molar-refractivity contribution in [2.24, 2.45) is 0 Å². The quantitative estimate of drug-likeness (QED) is 0.0368. The summed E-state index contributed by atoms with van der Waals surface area (Å²) >= 11 is 3.30. The lowest BCUT2D eigenvalue weighted by molar-refractivity contribution is -0.145. The van der Waals surface area contributed by atoms with Crippen molar-refractivity contribution in [3.63, 3.8) is 0 Å². The van der Waals surface area contributed by atoms with Gasteiger partial charge in [0.05, 0.1) is 159 Å². The van der Waals surface area contributed by atoms with Gasteiger partial charge in [-0.15, -0.1) is 0 Å². The van der Waals surface area contributed by atoms with Crippen LogP contribution in [0.15, 0.2) is 0 Å². The van der Waals surface area contributed by atoms with Gasteiger partial charge in [-0.25, -0.2) is 0 Å². The zero-order valence-electron chi connectivity index (χ0n) is 35.9. The van der Waals surface area contributed by atoms with E-state index < -0.39 is 0 Å². The first-order chi connectivity index (χ1) is 28.3. The van der Waals surface area contributed by atoms with Crippen molar-refractivity contribution in [3.8, 4) is 0 Å². The van der Waals surface area contributed by atoms with Crippen molar-refractivity contribution in [3.05, 3.63) is 0 Å². The molecule has 57 heavy (non-hydrogen) atoms. The highest BCUT2D eigenvalue weighted by Gasteiger charge is 2.03. The molecular weight excluding hydrogens is 808 g/mol. The third kappa shape index (κ3) is 53.5. The van der Waals surface area contributed by atoms with Gasteiger partial charge >= 0.3 is 5.97 Å². The van der Waals surface area contributed by atoms with Crippen molar-refractivity contribution >= 4 is 21.9 Å². The van der Waals surface area contributed by atoms with Crippen molar-refractivity contribution < 1.29 is 66.4 Å². The minimum Gasteiger partial charge on any atom is -0.463 e. The van der Waals surface area contributed by atoms with Gasteiger partial charge in [-0.2, -0.15) is 0 Å². The molecule has 0 rings (SSSR count). The molecule has 0 radical (unpaired) electrons.